The molecule has 1 N–H and O–H groups in total. The van der Waals surface area contributed by atoms with Gasteiger partial charge in [-0.3, -0.25) is 4.90 Å². The third-order valence-electron chi connectivity index (χ3n) is 6.61. The lowest BCUT2D eigenvalue weighted by Gasteiger charge is -2.32. The van der Waals surface area contributed by atoms with Crippen LogP contribution < -0.4 is 5.32 Å². The zero-order valence-corrected chi connectivity index (χ0v) is 15.4. The zero-order valence-electron chi connectivity index (χ0n) is 15.4. The summed E-state index contributed by atoms with van der Waals surface area (Å²) >= 11 is 0. The highest BCUT2D eigenvalue weighted by molar-refractivity contribution is 5.62. The highest BCUT2D eigenvalue weighted by atomic mass is 16.5. The minimum Gasteiger partial charge on any atom is -0.379 e. The van der Waals surface area contributed by atoms with Crippen LogP contribution in [0.3, 0.4) is 0 Å². The Morgan fingerprint density at radius 1 is 0.962 bits per heavy atom. The van der Waals surface area contributed by atoms with Crippen molar-refractivity contribution < 1.29 is 4.74 Å². The Labute approximate surface area is 156 Å². The second-order valence-electron chi connectivity index (χ2n) is 8.00. The Morgan fingerprint density at radius 2 is 1.62 bits per heavy atom. The molecule has 0 atom stereocenters. The average Bonchev–Trinajstić information content (AvgIpc) is 3.21. The second-order valence-corrected chi connectivity index (χ2v) is 8.00. The topological polar surface area (TPSA) is 24.5 Å². The van der Waals surface area contributed by atoms with Crippen molar-refractivity contribution in [1.29, 1.82) is 0 Å². The average molecular weight is 348 g/mol. The van der Waals surface area contributed by atoms with Gasteiger partial charge in [-0.25, -0.2) is 0 Å². The number of fused-ring (bicyclic) bond motifs is 8. The number of morpholine rings is 1. The van der Waals surface area contributed by atoms with E-state index >= 15 is 0 Å². The largest absolute Gasteiger partial charge is 0.379 e. The second kappa shape index (κ2) is 6.80. The molecule has 1 aliphatic heterocycles. The number of benzene rings is 2. The number of ether oxygens (including phenoxy) is 1. The molecule has 0 unspecified atom stereocenters. The van der Waals surface area contributed by atoms with Crippen LogP contribution in [0.2, 0.25) is 0 Å². The summed E-state index contributed by atoms with van der Waals surface area (Å²) in [5.41, 5.74) is 6.41. The molecule has 1 fully saturated rings. The summed E-state index contributed by atoms with van der Waals surface area (Å²) in [5.74, 6) is 0.595. The Balaban J connectivity index is 1.28. The summed E-state index contributed by atoms with van der Waals surface area (Å²) < 4.78 is 5.44. The van der Waals surface area contributed by atoms with Gasteiger partial charge in [-0.1, -0.05) is 48.5 Å². The lowest BCUT2D eigenvalue weighted by molar-refractivity contribution is 0.0374. The van der Waals surface area contributed by atoms with Gasteiger partial charge in [-0.2, -0.15) is 0 Å². The molecule has 2 bridgehead atoms. The van der Waals surface area contributed by atoms with Crippen LogP contribution in [0, 0.1) is 0 Å². The van der Waals surface area contributed by atoms with Crippen LogP contribution in [0.1, 0.15) is 41.0 Å². The van der Waals surface area contributed by atoms with Crippen molar-refractivity contribution in [2.45, 2.75) is 24.2 Å². The lowest BCUT2D eigenvalue weighted by atomic mass is 9.75. The van der Waals surface area contributed by atoms with E-state index in [-0.39, 0.29) is 5.41 Å². The third-order valence-corrected chi connectivity index (χ3v) is 6.61. The number of nitrogens with zero attached hydrogens (tertiary/aromatic N) is 1. The predicted octanol–water partition coefficient (Wildman–Crippen LogP) is 3.13. The molecule has 2 aromatic carbocycles. The van der Waals surface area contributed by atoms with Gasteiger partial charge in [0, 0.05) is 31.0 Å². The first-order chi connectivity index (χ1) is 12.9. The van der Waals surface area contributed by atoms with Gasteiger partial charge in [0.25, 0.3) is 0 Å². The van der Waals surface area contributed by atoms with E-state index in [1.165, 1.54) is 19.4 Å². The van der Waals surface area contributed by atoms with Crippen LogP contribution in [-0.2, 0) is 10.2 Å². The van der Waals surface area contributed by atoms with Crippen molar-refractivity contribution in [1.82, 2.24) is 10.2 Å². The van der Waals surface area contributed by atoms with E-state index in [0.29, 0.717) is 5.92 Å². The van der Waals surface area contributed by atoms with Gasteiger partial charge < -0.3 is 10.1 Å². The number of nitrogens with one attached hydrogen (secondary N) is 1. The van der Waals surface area contributed by atoms with Gasteiger partial charge in [0.1, 0.15) is 0 Å². The minimum atomic E-state index is 0.177. The van der Waals surface area contributed by atoms with Crippen LogP contribution in [0.5, 0.6) is 0 Å². The Bertz CT molecular complexity index is 734. The molecule has 2 aromatic rings. The fourth-order valence-electron chi connectivity index (χ4n) is 5.39. The van der Waals surface area contributed by atoms with E-state index in [2.05, 4.69) is 58.7 Å². The summed E-state index contributed by atoms with van der Waals surface area (Å²) in [6.45, 7) is 7.30. The molecule has 3 heteroatoms. The standard InChI is InChI=1S/C23H28N2O/c1-3-8-21-18(6-1)20-16-23(21,22-9-4-2-7-19(20)22)17-24-10-5-11-25-12-14-26-15-13-25/h1-4,6-9,20,24H,5,10-17H2. The van der Waals surface area contributed by atoms with E-state index in [1.54, 1.807) is 22.3 Å². The first-order valence-electron chi connectivity index (χ1n) is 10.1. The molecule has 0 saturated carbocycles. The molecule has 5 rings (SSSR count). The molecular weight excluding hydrogens is 320 g/mol. The van der Waals surface area contributed by atoms with Crippen LogP contribution in [0.25, 0.3) is 0 Å². The molecule has 0 radical (unpaired) electrons. The summed E-state index contributed by atoms with van der Waals surface area (Å²) in [7, 11) is 0. The number of rotatable bonds is 6. The maximum Gasteiger partial charge on any atom is 0.0594 e. The van der Waals surface area contributed by atoms with E-state index < -0.39 is 0 Å². The highest BCUT2D eigenvalue weighted by Gasteiger charge is 2.51. The first-order valence-corrected chi connectivity index (χ1v) is 10.1. The molecule has 0 aromatic heterocycles. The molecule has 136 valence electrons. The van der Waals surface area contributed by atoms with E-state index in [4.69, 9.17) is 4.74 Å². The summed E-state index contributed by atoms with van der Waals surface area (Å²) in [5, 5.41) is 3.81. The number of hydrogen-bond acceptors (Lipinski definition) is 3. The lowest BCUT2D eigenvalue weighted by Crippen LogP contribution is -2.40. The molecule has 3 aliphatic rings. The Kier molecular flexibility index (Phi) is 4.32. The molecule has 3 nitrogen and oxygen atoms in total. The van der Waals surface area contributed by atoms with Crippen LogP contribution >= 0.6 is 0 Å². The molecule has 2 aliphatic carbocycles. The van der Waals surface area contributed by atoms with Crippen molar-refractivity contribution in [2.24, 2.45) is 0 Å². The van der Waals surface area contributed by atoms with Gasteiger partial charge in [-0.15, -0.1) is 0 Å². The molecule has 1 heterocycles. The Morgan fingerprint density at radius 3 is 2.31 bits per heavy atom. The van der Waals surface area contributed by atoms with Gasteiger partial charge in [0.2, 0.25) is 0 Å². The summed E-state index contributed by atoms with van der Waals surface area (Å²) in [6, 6.07) is 18.2. The SMILES string of the molecule is c1ccc2c(c1)C1CC2(CNCCCN2CCOCC2)c2ccccc21. The van der Waals surface area contributed by atoms with E-state index in [0.717, 1.165) is 39.4 Å². The first kappa shape index (κ1) is 16.5. The van der Waals surface area contributed by atoms with Crippen molar-refractivity contribution in [3.63, 3.8) is 0 Å². The van der Waals surface area contributed by atoms with Crippen LogP contribution in [-0.4, -0.2) is 50.8 Å². The molecule has 0 amide bonds. The smallest absolute Gasteiger partial charge is 0.0594 e. The maximum absolute atomic E-state index is 5.44. The summed E-state index contributed by atoms with van der Waals surface area (Å²) in [4.78, 5) is 2.52. The zero-order chi connectivity index (χ0) is 17.4. The highest BCUT2D eigenvalue weighted by Crippen LogP contribution is 2.59. The molecule has 26 heavy (non-hydrogen) atoms. The normalized spacial score (nSPS) is 26.7. The molecule has 1 saturated heterocycles. The molecular formula is C23H28N2O. The quantitative estimate of drug-likeness (QED) is 0.812. The van der Waals surface area contributed by atoms with Crippen molar-refractivity contribution >= 4 is 0 Å². The van der Waals surface area contributed by atoms with Crippen LogP contribution in [0.4, 0.5) is 0 Å². The fraction of sp³-hybridized carbons (Fsp3) is 0.478. The van der Waals surface area contributed by atoms with Gasteiger partial charge in [0.15, 0.2) is 0 Å². The fourth-order valence-corrected chi connectivity index (χ4v) is 5.39. The van der Waals surface area contributed by atoms with Crippen molar-refractivity contribution in [3.05, 3.63) is 70.8 Å². The monoisotopic (exact) mass is 348 g/mol. The van der Waals surface area contributed by atoms with E-state index in [1.807, 2.05) is 0 Å². The predicted molar refractivity (Wildman–Crippen MR) is 105 cm³/mol. The van der Waals surface area contributed by atoms with Gasteiger partial charge in [-0.05, 0) is 48.2 Å². The summed E-state index contributed by atoms with van der Waals surface area (Å²) in [6.07, 6.45) is 2.45. The number of hydrogen-bond donors (Lipinski definition) is 1. The van der Waals surface area contributed by atoms with Crippen molar-refractivity contribution in [3.8, 4) is 0 Å². The minimum absolute atomic E-state index is 0.177. The Hall–Kier alpha value is -1.68. The molecule has 0 spiro atoms. The van der Waals surface area contributed by atoms with E-state index in [9.17, 15) is 0 Å². The van der Waals surface area contributed by atoms with Gasteiger partial charge in [0.05, 0.1) is 13.2 Å². The van der Waals surface area contributed by atoms with Gasteiger partial charge >= 0.3 is 0 Å². The third kappa shape index (κ3) is 2.61. The maximum atomic E-state index is 5.44. The van der Waals surface area contributed by atoms with Crippen LogP contribution in [0.15, 0.2) is 48.5 Å². The van der Waals surface area contributed by atoms with Crippen molar-refractivity contribution in [2.75, 3.05) is 45.9 Å².